The molecular formula is C38H41Cl2SiZr. The molecule has 4 heteroatoms. The first-order valence-corrected chi connectivity index (χ1v) is 25.1. The molecule has 215 valence electrons. The predicted molar refractivity (Wildman–Crippen MR) is 172 cm³/mol. The minimum atomic E-state index is -1.99. The van der Waals surface area contributed by atoms with Gasteiger partial charge in [0.1, 0.15) is 0 Å². The topological polar surface area (TPSA) is 0 Å². The molecule has 42 heavy (non-hydrogen) atoms. The summed E-state index contributed by atoms with van der Waals surface area (Å²) in [6.45, 7) is 10.1. The average molecular weight is 688 g/mol. The summed E-state index contributed by atoms with van der Waals surface area (Å²) in [6.07, 6.45) is 7.80. The zero-order chi connectivity index (χ0) is 27.6. The van der Waals surface area contributed by atoms with E-state index in [1.807, 2.05) is 0 Å². The molecule has 2 aliphatic rings. The van der Waals surface area contributed by atoms with E-state index >= 15 is 0 Å². The Labute approximate surface area is 274 Å². The maximum atomic E-state index is 2.77. The summed E-state index contributed by atoms with van der Waals surface area (Å²) in [5.41, 5.74) is 12.5. The van der Waals surface area contributed by atoms with Crippen LogP contribution in [0.25, 0.3) is 11.1 Å². The van der Waals surface area contributed by atoms with Crippen LogP contribution in [0.5, 0.6) is 0 Å². The summed E-state index contributed by atoms with van der Waals surface area (Å²) in [5, 5.41) is 0. The maximum absolute atomic E-state index is 2.77. The maximum Gasteiger partial charge on any atom is -1.00 e. The van der Waals surface area contributed by atoms with Gasteiger partial charge in [-0.2, -0.15) is 0 Å². The molecule has 4 unspecified atom stereocenters. The summed E-state index contributed by atoms with van der Waals surface area (Å²) in [4.78, 5) is 0. The first-order valence-electron chi connectivity index (χ1n) is 15.1. The molecule has 0 fully saturated rings. The van der Waals surface area contributed by atoms with E-state index in [2.05, 4.69) is 148 Å². The summed E-state index contributed by atoms with van der Waals surface area (Å²) in [5.74, 6) is 0.210. The molecule has 0 aliphatic heterocycles. The van der Waals surface area contributed by atoms with E-state index in [-0.39, 0.29) is 24.8 Å². The molecule has 4 atom stereocenters. The van der Waals surface area contributed by atoms with E-state index < -0.39 is 26.8 Å². The van der Waals surface area contributed by atoms with Gasteiger partial charge in [-0.25, -0.2) is 0 Å². The zero-order valence-corrected chi connectivity index (χ0v) is 30.2. The minimum absolute atomic E-state index is 0. The molecule has 0 nitrogen and oxygen atoms in total. The number of benzene rings is 4. The number of fused-ring (bicyclic) bond motifs is 2. The summed E-state index contributed by atoms with van der Waals surface area (Å²) in [6, 6.07) is 41.0. The largest absolute Gasteiger partial charge is 1.00 e. The van der Waals surface area contributed by atoms with Gasteiger partial charge in [0, 0.05) is 0 Å². The average Bonchev–Trinajstić information content (AvgIpc) is 3.52. The fourth-order valence-electron chi connectivity index (χ4n) is 7.16. The summed E-state index contributed by atoms with van der Waals surface area (Å²) >= 11 is -1.99. The van der Waals surface area contributed by atoms with Crippen molar-refractivity contribution in [1.82, 2.24) is 0 Å². The van der Waals surface area contributed by atoms with Crippen molar-refractivity contribution < 1.29 is 45.7 Å². The zero-order valence-electron chi connectivity index (χ0n) is 25.1. The number of allylic oxidation sites excluding steroid dienone is 4. The van der Waals surface area contributed by atoms with Gasteiger partial charge in [0.2, 0.25) is 0 Å². The smallest absolute Gasteiger partial charge is 1.00 e. The van der Waals surface area contributed by atoms with E-state index in [1.54, 1.807) is 22.3 Å². The Morgan fingerprint density at radius 1 is 0.548 bits per heavy atom. The Balaban J connectivity index is 0.00000202. The van der Waals surface area contributed by atoms with E-state index in [9.17, 15) is 0 Å². The normalized spacial score (nSPS) is 18.1. The molecule has 6 rings (SSSR count). The molecule has 0 radical (unpaired) electrons. The molecule has 0 saturated heterocycles. The standard InChI is InChI=1S/2C18H17.C2H7Si.2ClH.Zr/c2*1-14(15-7-3-2-4-8-15)13-17-12-11-16-9-5-6-10-18(16)17;1-3-2;;;/h2*2-12,14H,13H2,1H3;3H,1-2H3;2*1H;/q;;;;;+2/p-2. The van der Waals surface area contributed by atoms with Gasteiger partial charge in [-0.15, -0.1) is 0 Å². The third-order valence-electron chi connectivity index (χ3n) is 9.19. The second-order valence-electron chi connectivity index (χ2n) is 12.2. The molecule has 4 aromatic carbocycles. The van der Waals surface area contributed by atoms with Crippen LogP contribution in [0.1, 0.15) is 79.2 Å². The Kier molecular flexibility index (Phi) is 11.5. The van der Waals surface area contributed by atoms with Crippen molar-refractivity contribution in [2.75, 3.05) is 0 Å². The molecule has 4 aromatic rings. The summed E-state index contributed by atoms with van der Waals surface area (Å²) in [7, 11) is 0. The van der Waals surface area contributed by atoms with Crippen molar-refractivity contribution in [3.8, 4) is 0 Å². The number of rotatable bonds is 9. The number of halogens is 2. The predicted octanol–water partition coefficient (Wildman–Crippen LogP) is 4.26. The second-order valence-corrected chi connectivity index (χ2v) is 32.5. The summed E-state index contributed by atoms with van der Waals surface area (Å²) < 4.78 is 1.37. The first-order chi connectivity index (χ1) is 19.5. The minimum Gasteiger partial charge on any atom is -1.00 e. The molecule has 0 aromatic heterocycles. The van der Waals surface area contributed by atoms with Crippen LogP contribution < -0.4 is 24.8 Å². The van der Waals surface area contributed by atoms with Gasteiger partial charge < -0.3 is 24.8 Å². The Morgan fingerprint density at radius 3 is 1.29 bits per heavy atom. The van der Waals surface area contributed by atoms with Crippen LogP contribution in [0.3, 0.4) is 0 Å². The molecular weight excluding hydrogens is 647 g/mol. The Morgan fingerprint density at radius 2 is 0.905 bits per heavy atom. The van der Waals surface area contributed by atoms with Gasteiger partial charge in [0.25, 0.3) is 0 Å². The Bertz CT molecular complexity index is 1420. The molecule has 0 saturated carbocycles. The van der Waals surface area contributed by atoms with Gasteiger partial charge >= 0.3 is 252 Å². The van der Waals surface area contributed by atoms with Gasteiger partial charge in [0.15, 0.2) is 0 Å². The van der Waals surface area contributed by atoms with Gasteiger partial charge in [-0.1, -0.05) is 0 Å². The quantitative estimate of drug-likeness (QED) is 0.231. The fraction of sp³-hybridized carbons (Fsp3) is 0.263. The van der Waals surface area contributed by atoms with Crippen molar-refractivity contribution in [3.05, 3.63) is 155 Å². The molecule has 0 spiro atoms. The van der Waals surface area contributed by atoms with Crippen LogP contribution in [-0.2, 0) is 20.9 Å². The van der Waals surface area contributed by atoms with Crippen molar-refractivity contribution in [1.29, 1.82) is 0 Å². The molecule has 0 bridgehead atoms. The Hall–Kier alpha value is -1.96. The van der Waals surface area contributed by atoms with Gasteiger partial charge in [-0.05, 0) is 0 Å². The number of hydrogen-bond donors (Lipinski definition) is 0. The van der Waals surface area contributed by atoms with Gasteiger partial charge in [-0.3, -0.25) is 0 Å². The van der Waals surface area contributed by atoms with Crippen LogP contribution >= 0.6 is 0 Å². The van der Waals surface area contributed by atoms with Gasteiger partial charge in [0.05, 0.1) is 0 Å². The SMILES string of the molecule is CC(CC1=C[CH]([Zr+2]([CH]2C=C(CC(C)c3ccccc3)c3ccccc32)[SiH](C)C)c2ccccc21)c1ccccc1.[Cl-].[Cl-]. The third-order valence-corrected chi connectivity index (χ3v) is 30.5. The first kappa shape index (κ1) is 32.9. The van der Waals surface area contributed by atoms with Crippen LogP contribution in [0.4, 0.5) is 0 Å². The number of hydrogen-bond acceptors (Lipinski definition) is 0. The molecule has 0 amide bonds. The van der Waals surface area contributed by atoms with Crippen molar-refractivity contribution in [3.63, 3.8) is 0 Å². The monoisotopic (exact) mass is 685 g/mol. The van der Waals surface area contributed by atoms with Crippen LogP contribution in [0.2, 0.25) is 13.1 Å². The van der Waals surface area contributed by atoms with E-state index in [0.717, 1.165) is 12.8 Å². The van der Waals surface area contributed by atoms with Crippen LogP contribution in [-0.4, -0.2) is 5.92 Å². The van der Waals surface area contributed by atoms with Crippen molar-refractivity contribution in [2.45, 2.75) is 58.9 Å². The van der Waals surface area contributed by atoms with Crippen molar-refractivity contribution in [2.24, 2.45) is 0 Å². The third kappa shape index (κ3) is 6.73. The van der Waals surface area contributed by atoms with Crippen molar-refractivity contribution >= 4 is 17.1 Å². The fourth-order valence-corrected chi connectivity index (χ4v) is 28.3. The second kappa shape index (κ2) is 14.7. The molecule has 0 N–H and O–H groups in total. The van der Waals surface area contributed by atoms with E-state index in [0.29, 0.717) is 19.1 Å². The molecule has 0 heterocycles. The molecule has 2 aliphatic carbocycles. The van der Waals surface area contributed by atoms with E-state index in [1.165, 1.54) is 22.3 Å². The van der Waals surface area contributed by atoms with E-state index in [4.69, 9.17) is 0 Å². The van der Waals surface area contributed by atoms with Crippen LogP contribution in [0.15, 0.2) is 121 Å². The van der Waals surface area contributed by atoms with Crippen LogP contribution in [0, 0.1) is 0 Å².